The SMILES string of the molecule is Oc1cc(F)c(C2=CCCCC2)c(F)c1. The number of hydrogen-bond acceptors (Lipinski definition) is 1. The number of phenolic OH excluding ortho intramolecular Hbond substituents is 1. The summed E-state index contributed by atoms with van der Waals surface area (Å²) < 4.78 is 26.9. The second kappa shape index (κ2) is 4.01. The van der Waals surface area contributed by atoms with Crippen LogP contribution in [0.25, 0.3) is 5.57 Å². The predicted molar refractivity (Wildman–Crippen MR) is 54.5 cm³/mol. The molecule has 0 fully saturated rings. The Morgan fingerprint density at radius 3 is 2.27 bits per heavy atom. The molecule has 0 heterocycles. The van der Waals surface area contributed by atoms with Crippen molar-refractivity contribution in [2.24, 2.45) is 0 Å². The van der Waals surface area contributed by atoms with Gasteiger partial charge in [0.2, 0.25) is 0 Å². The summed E-state index contributed by atoms with van der Waals surface area (Å²) in [5.41, 5.74) is 0.740. The molecule has 80 valence electrons. The Morgan fingerprint density at radius 1 is 1.07 bits per heavy atom. The first-order valence-corrected chi connectivity index (χ1v) is 5.06. The Hall–Kier alpha value is -1.38. The molecule has 0 unspecified atom stereocenters. The molecule has 15 heavy (non-hydrogen) atoms. The average molecular weight is 210 g/mol. The number of allylic oxidation sites excluding steroid dienone is 2. The molecule has 0 aromatic heterocycles. The maximum atomic E-state index is 13.5. The Labute approximate surface area is 87.1 Å². The van der Waals surface area contributed by atoms with Crippen molar-refractivity contribution in [1.29, 1.82) is 0 Å². The molecule has 1 aliphatic carbocycles. The molecule has 0 atom stereocenters. The quantitative estimate of drug-likeness (QED) is 0.750. The van der Waals surface area contributed by atoms with Crippen LogP contribution in [0.5, 0.6) is 5.75 Å². The summed E-state index contributed by atoms with van der Waals surface area (Å²) in [6, 6.07) is 1.90. The molecule has 0 spiro atoms. The summed E-state index contributed by atoms with van der Waals surface area (Å²) in [4.78, 5) is 0. The van der Waals surface area contributed by atoms with Gasteiger partial charge in [0.1, 0.15) is 17.4 Å². The van der Waals surface area contributed by atoms with Gasteiger partial charge in [0.15, 0.2) is 0 Å². The molecule has 0 saturated heterocycles. The van der Waals surface area contributed by atoms with Gasteiger partial charge in [-0.15, -0.1) is 0 Å². The normalized spacial score (nSPS) is 16.3. The van der Waals surface area contributed by atoms with Gasteiger partial charge in [-0.1, -0.05) is 6.08 Å². The van der Waals surface area contributed by atoms with Gasteiger partial charge >= 0.3 is 0 Å². The highest BCUT2D eigenvalue weighted by molar-refractivity contribution is 5.67. The first-order chi connectivity index (χ1) is 7.18. The molecule has 1 nitrogen and oxygen atoms in total. The van der Waals surface area contributed by atoms with E-state index in [4.69, 9.17) is 5.11 Å². The highest BCUT2D eigenvalue weighted by atomic mass is 19.1. The van der Waals surface area contributed by atoms with Crippen molar-refractivity contribution in [2.45, 2.75) is 25.7 Å². The maximum Gasteiger partial charge on any atom is 0.137 e. The predicted octanol–water partition coefficient (Wildman–Crippen LogP) is 3.63. The monoisotopic (exact) mass is 210 g/mol. The van der Waals surface area contributed by atoms with Crippen LogP contribution < -0.4 is 0 Å². The molecule has 3 heteroatoms. The lowest BCUT2D eigenvalue weighted by Gasteiger charge is -2.14. The van der Waals surface area contributed by atoms with Crippen LogP contribution in [0.4, 0.5) is 8.78 Å². The van der Waals surface area contributed by atoms with Gasteiger partial charge in [0, 0.05) is 17.7 Å². The summed E-state index contributed by atoms with van der Waals surface area (Å²) in [6.07, 6.45) is 5.49. The van der Waals surface area contributed by atoms with Crippen molar-refractivity contribution < 1.29 is 13.9 Å². The van der Waals surface area contributed by atoms with Gasteiger partial charge < -0.3 is 5.11 Å². The van der Waals surface area contributed by atoms with E-state index in [-0.39, 0.29) is 11.3 Å². The van der Waals surface area contributed by atoms with E-state index in [1.807, 2.05) is 6.08 Å². The molecule has 0 saturated carbocycles. The fourth-order valence-electron chi connectivity index (χ4n) is 1.93. The summed E-state index contributed by atoms with van der Waals surface area (Å²) in [6.45, 7) is 0. The highest BCUT2D eigenvalue weighted by Crippen LogP contribution is 2.32. The summed E-state index contributed by atoms with van der Waals surface area (Å²) >= 11 is 0. The fourth-order valence-corrected chi connectivity index (χ4v) is 1.93. The molecule has 1 N–H and O–H groups in total. The van der Waals surface area contributed by atoms with E-state index < -0.39 is 11.6 Å². The Morgan fingerprint density at radius 2 is 1.73 bits per heavy atom. The van der Waals surface area contributed by atoms with Crippen LogP contribution in [0.3, 0.4) is 0 Å². The van der Waals surface area contributed by atoms with Gasteiger partial charge in [0.05, 0.1) is 0 Å². The lowest BCUT2D eigenvalue weighted by atomic mass is 9.93. The zero-order chi connectivity index (χ0) is 10.8. The second-order valence-electron chi connectivity index (χ2n) is 3.76. The third-order valence-corrected chi connectivity index (χ3v) is 2.64. The van der Waals surface area contributed by atoms with E-state index >= 15 is 0 Å². The second-order valence-corrected chi connectivity index (χ2v) is 3.76. The largest absolute Gasteiger partial charge is 0.508 e. The van der Waals surface area contributed by atoms with Crippen molar-refractivity contribution in [1.82, 2.24) is 0 Å². The third kappa shape index (κ3) is 2.01. The smallest absolute Gasteiger partial charge is 0.137 e. The van der Waals surface area contributed by atoms with Crippen LogP contribution in [0.1, 0.15) is 31.2 Å². The van der Waals surface area contributed by atoms with Crippen LogP contribution in [0, 0.1) is 11.6 Å². The van der Waals surface area contributed by atoms with Crippen molar-refractivity contribution >= 4 is 5.57 Å². The Bertz CT molecular complexity index is 387. The van der Waals surface area contributed by atoms with Crippen LogP contribution >= 0.6 is 0 Å². The lowest BCUT2D eigenvalue weighted by molar-refractivity contribution is 0.459. The average Bonchev–Trinajstić information content (AvgIpc) is 2.17. The molecule has 1 aromatic carbocycles. The number of aromatic hydroxyl groups is 1. The van der Waals surface area contributed by atoms with Gasteiger partial charge in [0.25, 0.3) is 0 Å². The maximum absolute atomic E-state index is 13.5. The molecule has 0 radical (unpaired) electrons. The summed E-state index contributed by atoms with van der Waals surface area (Å²) in [5.74, 6) is -1.73. The zero-order valence-electron chi connectivity index (χ0n) is 8.26. The molecular formula is C12H12F2O. The third-order valence-electron chi connectivity index (χ3n) is 2.64. The highest BCUT2D eigenvalue weighted by Gasteiger charge is 2.16. The van der Waals surface area contributed by atoms with Crippen LogP contribution in [-0.4, -0.2) is 5.11 Å². The van der Waals surface area contributed by atoms with E-state index in [2.05, 4.69) is 0 Å². The van der Waals surface area contributed by atoms with Gasteiger partial charge in [-0.25, -0.2) is 8.78 Å². The van der Waals surface area contributed by atoms with Crippen molar-refractivity contribution in [3.05, 3.63) is 35.4 Å². The molecule has 0 aliphatic heterocycles. The van der Waals surface area contributed by atoms with E-state index in [1.54, 1.807) is 0 Å². The van der Waals surface area contributed by atoms with E-state index in [0.29, 0.717) is 6.42 Å². The minimum atomic E-state index is -0.680. The number of rotatable bonds is 1. The molecule has 1 aliphatic rings. The van der Waals surface area contributed by atoms with Gasteiger partial charge in [-0.05, 0) is 31.3 Å². The first kappa shape index (κ1) is 10.1. The van der Waals surface area contributed by atoms with Crippen molar-refractivity contribution in [3.8, 4) is 5.75 Å². The van der Waals surface area contributed by atoms with Crippen LogP contribution in [0.15, 0.2) is 18.2 Å². The summed E-state index contributed by atoms with van der Waals surface area (Å²) in [7, 11) is 0. The minimum absolute atomic E-state index is 0.0208. The van der Waals surface area contributed by atoms with Gasteiger partial charge in [-0.2, -0.15) is 0 Å². The van der Waals surface area contributed by atoms with E-state index in [1.165, 1.54) is 0 Å². The molecule has 0 bridgehead atoms. The standard InChI is InChI=1S/C12H12F2O/c13-10-6-9(15)7-11(14)12(10)8-4-2-1-3-5-8/h4,6-7,15H,1-3,5H2. The minimum Gasteiger partial charge on any atom is -0.508 e. The fraction of sp³-hybridized carbons (Fsp3) is 0.333. The zero-order valence-corrected chi connectivity index (χ0v) is 8.26. The van der Waals surface area contributed by atoms with Crippen molar-refractivity contribution in [3.63, 3.8) is 0 Å². The van der Waals surface area contributed by atoms with Gasteiger partial charge in [-0.3, -0.25) is 0 Å². The van der Waals surface area contributed by atoms with Crippen LogP contribution in [0.2, 0.25) is 0 Å². The first-order valence-electron chi connectivity index (χ1n) is 5.06. The number of phenols is 1. The Kier molecular flexibility index (Phi) is 2.71. The number of halogens is 2. The summed E-state index contributed by atoms with van der Waals surface area (Å²) in [5, 5.41) is 9.02. The van der Waals surface area contributed by atoms with E-state index in [9.17, 15) is 8.78 Å². The number of hydrogen-bond donors (Lipinski definition) is 1. The molecule has 0 amide bonds. The molecule has 1 aromatic rings. The topological polar surface area (TPSA) is 20.2 Å². The van der Waals surface area contributed by atoms with Crippen LogP contribution in [-0.2, 0) is 0 Å². The number of benzene rings is 1. The van der Waals surface area contributed by atoms with Crippen molar-refractivity contribution in [2.75, 3.05) is 0 Å². The molecule has 2 rings (SSSR count). The van der Waals surface area contributed by atoms with E-state index in [0.717, 1.165) is 37.0 Å². The molecular weight excluding hydrogens is 198 g/mol. The Balaban J connectivity index is 2.47. The lowest BCUT2D eigenvalue weighted by Crippen LogP contribution is -1.98.